The minimum atomic E-state index is -2.24. The highest BCUT2D eigenvalue weighted by Gasteiger charge is 2.39. The van der Waals surface area contributed by atoms with Crippen LogP contribution in [-0.2, 0) is 5.54 Å². The average molecular weight is 448 g/mol. The zero-order chi connectivity index (χ0) is 17.6. The predicted molar refractivity (Wildman–Crippen MR) is 105 cm³/mol. The molecule has 2 aromatic heterocycles. The molecule has 128 valence electrons. The maximum absolute atomic E-state index is 14.3. The summed E-state index contributed by atoms with van der Waals surface area (Å²) in [7, 11) is -2.24. The van der Waals surface area contributed by atoms with E-state index in [2.05, 4.69) is 55.3 Å². The van der Waals surface area contributed by atoms with Gasteiger partial charge in [0.2, 0.25) is 0 Å². The van der Waals surface area contributed by atoms with E-state index in [-0.39, 0.29) is 16.4 Å². The van der Waals surface area contributed by atoms with Gasteiger partial charge in [-0.05, 0) is 67.4 Å². The second-order valence-electron chi connectivity index (χ2n) is 8.12. The zero-order valence-corrected chi connectivity index (χ0v) is 17.9. The molecular formula is C17H26FIN2OSi. The summed E-state index contributed by atoms with van der Waals surface area (Å²) >= 11 is 2.23. The van der Waals surface area contributed by atoms with Gasteiger partial charge < -0.3 is 9.36 Å². The number of hydrogen-bond acceptors (Lipinski definition) is 2. The molecular weight excluding hydrogens is 422 g/mol. The topological polar surface area (TPSA) is 38.0 Å². The van der Waals surface area contributed by atoms with Crippen LogP contribution in [0.5, 0.6) is 0 Å². The van der Waals surface area contributed by atoms with Crippen LogP contribution in [0.25, 0.3) is 10.9 Å². The molecule has 0 aliphatic heterocycles. The van der Waals surface area contributed by atoms with Crippen LogP contribution in [-0.4, -0.2) is 22.7 Å². The SMILES string of the molecule is CC(C)(CCC(C)(C)[Si](C)(C)O)n1cc(I)c2cncc(F)c21. The van der Waals surface area contributed by atoms with Crippen LogP contribution in [0.3, 0.4) is 0 Å². The van der Waals surface area contributed by atoms with Crippen molar-refractivity contribution >= 4 is 41.8 Å². The Morgan fingerprint density at radius 2 is 1.83 bits per heavy atom. The van der Waals surface area contributed by atoms with Crippen molar-refractivity contribution in [3.63, 3.8) is 0 Å². The molecule has 0 saturated heterocycles. The number of pyridine rings is 1. The Morgan fingerprint density at radius 3 is 2.39 bits per heavy atom. The second kappa shape index (κ2) is 6.11. The van der Waals surface area contributed by atoms with Gasteiger partial charge in [0.25, 0.3) is 0 Å². The maximum Gasteiger partial charge on any atom is 0.188 e. The lowest BCUT2D eigenvalue weighted by Crippen LogP contribution is -2.40. The summed E-state index contributed by atoms with van der Waals surface area (Å²) in [5, 5.41) is 0.773. The van der Waals surface area contributed by atoms with E-state index < -0.39 is 8.32 Å². The lowest BCUT2D eigenvalue weighted by atomic mass is 9.93. The first-order valence-electron chi connectivity index (χ1n) is 7.90. The van der Waals surface area contributed by atoms with E-state index in [0.29, 0.717) is 5.52 Å². The van der Waals surface area contributed by atoms with Crippen molar-refractivity contribution in [1.82, 2.24) is 9.55 Å². The number of nitrogens with zero attached hydrogens (tertiary/aromatic N) is 2. The fraction of sp³-hybridized carbons (Fsp3) is 0.588. The van der Waals surface area contributed by atoms with Crippen molar-refractivity contribution in [2.45, 2.75) is 64.2 Å². The smallest absolute Gasteiger partial charge is 0.188 e. The van der Waals surface area contributed by atoms with Crippen molar-refractivity contribution in [2.75, 3.05) is 0 Å². The van der Waals surface area contributed by atoms with Crippen LogP contribution in [0.1, 0.15) is 40.5 Å². The third-order valence-electron chi connectivity index (χ3n) is 5.28. The fourth-order valence-corrected chi connectivity index (χ4v) is 4.03. The van der Waals surface area contributed by atoms with Crippen LogP contribution >= 0.6 is 22.6 Å². The Kier molecular flexibility index (Phi) is 5.01. The van der Waals surface area contributed by atoms with E-state index in [0.717, 1.165) is 21.8 Å². The molecule has 2 heterocycles. The number of rotatable bonds is 5. The van der Waals surface area contributed by atoms with Gasteiger partial charge in [-0.3, -0.25) is 4.98 Å². The van der Waals surface area contributed by atoms with Gasteiger partial charge >= 0.3 is 0 Å². The Labute approximate surface area is 152 Å². The molecule has 6 heteroatoms. The van der Waals surface area contributed by atoms with E-state index in [1.54, 1.807) is 6.20 Å². The monoisotopic (exact) mass is 448 g/mol. The minimum absolute atomic E-state index is 0.0829. The van der Waals surface area contributed by atoms with E-state index in [9.17, 15) is 9.19 Å². The molecule has 0 bridgehead atoms. The minimum Gasteiger partial charge on any atom is -0.432 e. The van der Waals surface area contributed by atoms with E-state index in [1.165, 1.54) is 6.20 Å². The van der Waals surface area contributed by atoms with Crippen LogP contribution in [0.15, 0.2) is 18.6 Å². The summed E-state index contributed by atoms with van der Waals surface area (Å²) < 4.78 is 17.4. The molecule has 2 rings (SSSR count). The van der Waals surface area contributed by atoms with Crippen LogP contribution in [0.2, 0.25) is 18.1 Å². The summed E-state index contributed by atoms with van der Waals surface area (Å²) in [6.07, 6.45) is 6.78. The first-order chi connectivity index (χ1) is 10.4. The highest BCUT2D eigenvalue weighted by Crippen LogP contribution is 2.43. The standard InChI is InChI=1S/C17H26FIN2OSi/c1-16(2,7-8-17(3,4)23(5,6)22)21-11-14(19)12-9-20-10-13(18)15(12)21/h9-11,22H,7-8H2,1-6H3. The molecule has 0 unspecified atom stereocenters. The Hall–Kier alpha value is -0.473. The first-order valence-corrected chi connectivity index (χ1v) is 11.9. The highest BCUT2D eigenvalue weighted by atomic mass is 127. The zero-order valence-electron chi connectivity index (χ0n) is 14.7. The Morgan fingerprint density at radius 1 is 1.22 bits per heavy atom. The molecule has 23 heavy (non-hydrogen) atoms. The molecule has 2 aromatic rings. The van der Waals surface area contributed by atoms with Gasteiger partial charge in [0.05, 0.1) is 11.7 Å². The fourth-order valence-electron chi connectivity index (χ4n) is 2.62. The lowest BCUT2D eigenvalue weighted by Gasteiger charge is -2.38. The molecule has 0 fully saturated rings. The van der Waals surface area contributed by atoms with E-state index >= 15 is 0 Å². The van der Waals surface area contributed by atoms with Gasteiger partial charge in [-0.2, -0.15) is 0 Å². The maximum atomic E-state index is 14.3. The van der Waals surface area contributed by atoms with Crippen molar-refractivity contribution in [3.05, 3.63) is 28.0 Å². The second-order valence-corrected chi connectivity index (χ2v) is 13.8. The van der Waals surface area contributed by atoms with Crippen molar-refractivity contribution in [2.24, 2.45) is 0 Å². The van der Waals surface area contributed by atoms with E-state index in [1.807, 2.05) is 23.9 Å². The van der Waals surface area contributed by atoms with Gasteiger partial charge in [0.15, 0.2) is 14.1 Å². The molecule has 0 aromatic carbocycles. The van der Waals surface area contributed by atoms with Gasteiger partial charge in [-0.1, -0.05) is 13.8 Å². The van der Waals surface area contributed by atoms with Gasteiger partial charge in [0.1, 0.15) is 0 Å². The molecule has 0 aliphatic rings. The third-order valence-corrected chi connectivity index (χ3v) is 9.71. The average Bonchev–Trinajstić information content (AvgIpc) is 2.75. The molecule has 0 spiro atoms. The summed E-state index contributed by atoms with van der Waals surface area (Å²) in [4.78, 5) is 14.5. The Balaban J connectivity index is 2.38. The van der Waals surface area contributed by atoms with E-state index in [4.69, 9.17) is 0 Å². The first kappa shape index (κ1) is 18.9. The predicted octanol–water partition coefficient (Wildman–Crippen LogP) is 5.27. The van der Waals surface area contributed by atoms with Gasteiger partial charge in [-0.15, -0.1) is 0 Å². The van der Waals surface area contributed by atoms with Gasteiger partial charge in [-0.25, -0.2) is 4.39 Å². The molecule has 0 saturated carbocycles. The van der Waals surface area contributed by atoms with Crippen LogP contribution < -0.4 is 0 Å². The van der Waals surface area contributed by atoms with Crippen LogP contribution in [0.4, 0.5) is 4.39 Å². The summed E-state index contributed by atoms with van der Waals surface area (Å²) in [5.41, 5.74) is 0.383. The number of halogens is 2. The number of hydrogen-bond donors (Lipinski definition) is 1. The van der Waals surface area contributed by atoms with Crippen molar-refractivity contribution in [1.29, 1.82) is 0 Å². The molecule has 0 radical (unpaired) electrons. The molecule has 3 nitrogen and oxygen atoms in total. The Bertz CT molecular complexity index is 719. The molecule has 0 aliphatic carbocycles. The largest absolute Gasteiger partial charge is 0.432 e. The highest BCUT2D eigenvalue weighted by molar-refractivity contribution is 14.1. The summed E-state index contributed by atoms with van der Waals surface area (Å²) in [5.74, 6) is -0.283. The summed E-state index contributed by atoms with van der Waals surface area (Å²) in [6, 6.07) is 0. The van der Waals surface area contributed by atoms with Crippen molar-refractivity contribution < 1.29 is 9.19 Å². The quantitative estimate of drug-likeness (QED) is 0.500. The van der Waals surface area contributed by atoms with Crippen LogP contribution in [0, 0.1) is 9.39 Å². The molecule has 0 atom stereocenters. The van der Waals surface area contributed by atoms with Crippen molar-refractivity contribution in [3.8, 4) is 0 Å². The lowest BCUT2D eigenvalue weighted by molar-refractivity contribution is 0.300. The summed E-state index contributed by atoms with van der Waals surface area (Å²) in [6.45, 7) is 12.5. The normalized spacial score (nSPS) is 13.8. The number of fused-ring (bicyclic) bond motifs is 1. The third kappa shape index (κ3) is 3.63. The van der Waals surface area contributed by atoms with Gasteiger partial charge in [0, 0.05) is 26.9 Å². The molecule has 0 amide bonds. The number of aromatic nitrogens is 2. The molecule has 1 N–H and O–H groups in total.